The van der Waals surface area contributed by atoms with Crippen LogP contribution in [0, 0.1) is 23.2 Å². The van der Waals surface area contributed by atoms with Crippen LogP contribution < -0.4 is 5.32 Å². The maximum absolute atomic E-state index is 12.5. The lowest BCUT2D eigenvalue weighted by molar-refractivity contribution is -0.130. The maximum atomic E-state index is 12.5. The van der Waals surface area contributed by atoms with Gasteiger partial charge in [-0.2, -0.15) is 0 Å². The minimum atomic E-state index is 0.210. The van der Waals surface area contributed by atoms with Crippen LogP contribution in [0.5, 0.6) is 0 Å². The third kappa shape index (κ3) is 2.94. The topological polar surface area (TPSA) is 42.0 Å². The van der Waals surface area contributed by atoms with Gasteiger partial charge in [0, 0.05) is 30.0 Å². The molecule has 120 valence electrons. The summed E-state index contributed by atoms with van der Waals surface area (Å²) >= 11 is 1.67. The van der Waals surface area contributed by atoms with E-state index in [0.717, 1.165) is 30.6 Å². The first-order valence-corrected chi connectivity index (χ1v) is 9.65. The van der Waals surface area contributed by atoms with E-state index < -0.39 is 0 Å². The van der Waals surface area contributed by atoms with Gasteiger partial charge >= 0.3 is 0 Å². The largest absolute Gasteiger partial charge is 0.353 e. The van der Waals surface area contributed by atoms with Crippen molar-refractivity contribution in [3.8, 4) is 0 Å². The molecule has 0 spiro atoms. The Morgan fingerprint density at radius 1 is 1.32 bits per heavy atom. The molecule has 5 rings (SSSR count). The van der Waals surface area contributed by atoms with Gasteiger partial charge < -0.3 is 5.32 Å². The van der Waals surface area contributed by atoms with Crippen LogP contribution in [-0.2, 0) is 11.2 Å². The van der Waals surface area contributed by atoms with E-state index in [-0.39, 0.29) is 11.9 Å². The van der Waals surface area contributed by atoms with Crippen molar-refractivity contribution in [3.63, 3.8) is 0 Å². The number of nitrogens with zero attached hydrogens (tertiary/aromatic N) is 1. The molecule has 1 amide bonds. The smallest absolute Gasteiger partial charge is 0.220 e. The molecule has 4 aliphatic carbocycles. The summed E-state index contributed by atoms with van der Waals surface area (Å²) < 4.78 is 0. The molecular formula is C18H26N2OS. The van der Waals surface area contributed by atoms with Gasteiger partial charge in [-0.3, -0.25) is 9.78 Å². The van der Waals surface area contributed by atoms with Crippen LogP contribution in [0.3, 0.4) is 0 Å². The normalized spacial score (nSPS) is 37.2. The molecule has 4 aliphatic rings. The maximum Gasteiger partial charge on any atom is 0.220 e. The Morgan fingerprint density at radius 3 is 2.50 bits per heavy atom. The first-order chi connectivity index (χ1) is 10.6. The molecule has 3 nitrogen and oxygen atoms in total. The summed E-state index contributed by atoms with van der Waals surface area (Å²) in [6.07, 6.45) is 11.9. The minimum Gasteiger partial charge on any atom is -0.353 e. The number of aromatic nitrogens is 1. The first-order valence-electron chi connectivity index (χ1n) is 8.77. The lowest BCUT2D eigenvalue weighted by Crippen LogP contribution is -2.48. The highest BCUT2D eigenvalue weighted by Crippen LogP contribution is 2.61. The molecule has 4 fully saturated rings. The fourth-order valence-corrected chi connectivity index (χ4v) is 6.59. The number of hydrogen-bond acceptors (Lipinski definition) is 3. The van der Waals surface area contributed by atoms with E-state index in [1.807, 2.05) is 11.7 Å². The van der Waals surface area contributed by atoms with Crippen LogP contribution in [0.4, 0.5) is 0 Å². The molecule has 1 aromatic heterocycles. The highest BCUT2D eigenvalue weighted by atomic mass is 32.1. The second-order valence-corrected chi connectivity index (χ2v) is 9.21. The molecule has 22 heavy (non-hydrogen) atoms. The summed E-state index contributed by atoms with van der Waals surface area (Å²) in [7, 11) is 0. The first kappa shape index (κ1) is 14.7. The van der Waals surface area contributed by atoms with Crippen molar-refractivity contribution in [3.05, 3.63) is 16.6 Å². The Balaban J connectivity index is 1.34. The monoisotopic (exact) mass is 318 g/mol. The molecule has 4 saturated carbocycles. The van der Waals surface area contributed by atoms with Gasteiger partial charge in [-0.25, -0.2) is 0 Å². The van der Waals surface area contributed by atoms with Crippen molar-refractivity contribution in [1.29, 1.82) is 0 Å². The van der Waals surface area contributed by atoms with E-state index >= 15 is 0 Å². The lowest BCUT2D eigenvalue weighted by atomic mass is 9.49. The Bertz CT molecular complexity index is 504. The predicted molar refractivity (Wildman–Crippen MR) is 88.6 cm³/mol. The number of nitrogens with one attached hydrogen (secondary N) is 1. The zero-order chi connectivity index (χ0) is 15.2. The molecule has 1 N–H and O–H groups in total. The Kier molecular flexibility index (Phi) is 3.75. The van der Waals surface area contributed by atoms with Gasteiger partial charge in [0.1, 0.15) is 0 Å². The molecule has 0 saturated heterocycles. The SMILES string of the molecule is C[C@H](Cc1cncs1)NC(=O)CC12CC3CC(CC(C3)C1)C2. The predicted octanol–water partition coefficient (Wildman–Crippen LogP) is 3.80. The van der Waals surface area contributed by atoms with E-state index in [9.17, 15) is 4.79 Å². The molecular weight excluding hydrogens is 292 g/mol. The van der Waals surface area contributed by atoms with Crippen molar-refractivity contribution in [2.24, 2.45) is 23.2 Å². The fraction of sp³-hybridized carbons (Fsp3) is 0.778. The molecule has 1 atom stereocenters. The number of rotatable bonds is 5. The van der Waals surface area contributed by atoms with Gasteiger partial charge in [-0.1, -0.05) is 0 Å². The zero-order valence-electron chi connectivity index (χ0n) is 13.4. The van der Waals surface area contributed by atoms with E-state index in [4.69, 9.17) is 0 Å². The van der Waals surface area contributed by atoms with Crippen molar-refractivity contribution < 1.29 is 4.79 Å². The summed E-state index contributed by atoms with van der Waals surface area (Å²) in [6, 6.07) is 0.210. The van der Waals surface area contributed by atoms with E-state index in [1.54, 1.807) is 11.3 Å². The van der Waals surface area contributed by atoms with Crippen molar-refractivity contribution >= 4 is 17.2 Å². The van der Waals surface area contributed by atoms with E-state index in [0.29, 0.717) is 5.41 Å². The van der Waals surface area contributed by atoms with Crippen molar-refractivity contribution in [2.75, 3.05) is 0 Å². The summed E-state index contributed by atoms with van der Waals surface area (Å²) in [5.74, 6) is 3.05. The van der Waals surface area contributed by atoms with Gasteiger partial charge in [-0.05, 0) is 68.6 Å². The number of thiazole rings is 1. The van der Waals surface area contributed by atoms with E-state index in [1.165, 1.54) is 43.4 Å². The summed E-state index contributed by atoms with van der Waals surface area (Å²) in [5, 5.41) is 3.23. The van der Waals surface area contributed by atoms with Crippen LogP contribution in [-0.4, -0.2) is 16.9 Å². The zero-order valence-corrected chi connectivity index (χ0v) is 14.2. The second kappa shape index (κ2) is 5.63. The third-order valence-corrected chi connectivity index (χ3v) is 6.90. The molecule has 0 radical (unpaired) electrons. The van der Waals surface area contributed by atoms with Gasteiger partial charge in [-0.15, -0.1) is 11.3 Å². The molecule has 0 aromatic carbocycles. The molecule has 0 aliphatic heterocycles. The molecule has 1 aromatic rings. The molecule has 1 heterocycles. The Hall–Kier alpha value is -0.900. The van der Waals surface area contributed by atoms with Gasteiger partial charge in [0.05, 0.1) is 5.51 Å². The standard InChI is InChI=1S/C18H26N2OS/c1-12(2-16-10-19-11-22-16)20-17(21)9-18-6-13-3-14(7-18)5-15(4-13)8-18/h10-15H,2-9H2,1H3,(H,20,21)/t12-,13?,14?,15?,18?/m1/s1. The number of carbonyl (C=O) groups is 1. The highest BCUT2D eigenvalue weighted by Gasteiger charge is 2.51. The number of amides is 1. The Labute approximate surface area is 136 Å². The molecule has 4 heteroatoms. The van der Waals surface area contributed by atoms with Gasteiger partial charge in [0.25, 0.3) is 0 Å². The Morgan fingerprint density at radius 2 is 1.95 bits per heavy atom. The van der Waals surface area contributed by atoms with Crippen LogP contribution in [0.25, 0.3) is 0 Å². The second-order valence-electron chi connectivity index (χ2n) is 8.23. The van der Waals surface area contributed by atoms with E-state index in [2.05, 4.69) is 17.2 Å². The van der Waals surface area contributed by atoms with Crippen LogP contribution in [0.15, 0.2) is 11.7 Å². The van der Waals surface area contributed by atoms with Crippen LogP contribution >= 0.6 is 11.3 Å². The van der Waals surface area contributed by atoms with Crippen molar-refractivity contribution in [2.45, 2.75) is 64.3 Å². The number of carbonyl (C=O) groups excluding carboxylic acids is 1. The van der Waals surface area contributed by atoms with Gasteiger partial charge in [0.15, 0.2) is 0 Å². The molecule has 4 bridgehead atoms. The summed E-state index contributed by atoms with van der Waals surface area (Å²) in [6.45, 7) is 2.11. The average molecular weight is 318 g/mol. The lowest BCUT2D eigenvalue weighted by Gasteiger charge is -2.56. The van der Waals surface area contributed by atoms with Crippen LogP contribution in [0.2, 0.25) is 0 Å². The molecule has 0 unspecified atom stereocenters. The third-order valence-electron chi connectivity index (χ3n) is 6.10. The van der Waals surface area contributed by atoms with Gasteiger partial charge in [0.2, 0.25) is 5.91 Å². The van der Waals surface area contributed by atoms with Crippen molar-refractivity contribution in [1.82, 2.24) is 10.3 Å². The summed E-state index contributed by atoms with van der Waals surface area (Å²) in [4.78, 5) is 17.9. The minimum absolute atomic E-state index is 0.210. The average Bonchev–Trinajstić information content (AvgIpc) is 2.88. The highest BCUT2D eigenvalue weighted by molar-refractivity contribution is 7.09. The summed E-state index contributed by atoms with van der Waals surface area (Å²) in [5.41, 5.74) is 2.21. The number of hydrogen-bond donors (Lipinski definition) is 1. The fourth-order valence-electron chi connectivity index (χ4n) is 5.87. The quantitative estimate of drug-likeness (QED) is 0.897. The van der Waals surface area contributed by atoms with Crippen LogP contribution in [0.1, 0.15) is 56.7 Å².